The van der Waals surface area contributed by atoms with E-state index in [9.17, 15) is 17.0 Å². The minimum absolute atomic E-state index is 0.0140. The third-order valence-corrected chi connectivity index (χ3v) is 4.61. The van der Waals surface area contributed by atoms with Gasteiger partial charge in [-0.05, 0) is 24.6 Å². The summed E-state index contributed by atoms with van der Waals surface area (Å²) >= 11 is 0. The van der Waals surface area contributed by atoms with Crippen molar-refractivity contribution in [2.45, 2.75) is 11.3 Å². The smallest absolute Gasteiger partial charge is 0.147 e. The minimum Gasteiger partial charge on any atom is -0.398 e. The highest BCUT2D eigenvalue weighted by Crippen LogP contribution is 2.18. The maximum Gasteiger partial charge on any atom is 0.147 e. The van der Waals surface area contributed by atoms with E-state index >= 15 is 0 Å². The topological polar surface area (TPSA) is 77.2 Å². The summed E-state index contributed by atoms with van der Waals surface area (Å²) in [6, 6.07) is 3.64. The number of halogens is 1. The van der Waals surface area contributed by atoms with E-state index in [2.05, 4.69) is 0 Å². The molecule has 96 valence electrons. The minimum atomic E-state index is -3.04. The van der Waals surface area contributed by atoms with E-state index in [1.807, 2.05) is 0 Å². The van der Waals surface area contributed by atoms with Crippen molar-refractivity contribution in [1.82, 2.24) is 0 Å². The summed E-state index contributed by atoms with van der Waals surface area (Å²) in [6.07, 6.45) is 1.42. The van der Waals surface area contributed by atoms with Crippen LogP contribution in [0, 0.1) is 5.82 Å². The summed E-state index contributed by atoms with van der Waals surface area (Å²) in [5.41, 5.74) is 5.66. The van der Waals surface area contributed by atoms with Gasteiger partial charge in [0.1, 0.15) is 15.7 Å². The first kappa shape index (κ1) is 14.1. The van der Waals surface area contributed by atoms with Gasteiger partial charge in [0.2, 0.25) is 0 Å². The summed E-state index contributed by atoms with van der Waals surface area (Å²) in [5, 5.41) is 0. The van der Waals surface area contributed by atoms with Crippen LogP contribution in [0.4, 0.5) is 10.1 Å². The Morgan fingerprint density at radius 3 is 2.59 bits per heavy atom. The van der Waals surface area contributed by atoms with Crippen molar-refractivity contribution in [2.24, 2.45) is 0 Å². The van der Waals surface area contributed by atoms with Crippen LogP contribution in [-0.4, -0.2) is 30.4 Å². The van der Waals surface area contributed by atoms with Crippen LogP contribution in [0.5, 0.6) is 0 Å². The lowest BCUT2D eigenvalue weighted by Gasteiger charge is -2.05. The summed E-state index contributed by atoms with van der Waals surface area (Å²) in [6.45, 7) is 0. The van der Waals surface area contributed by atoms with E-state index in [0.717, 1.165) is 12.3 Å². The average molecular weight is 279 g/mol. The molecule has 1 aromatic carbocycles. The number of benzene rings is 1. The van der Waals surface area contributed by atoms with Gasteiger partial charge in [0, 0.05) is 12.0 Å². The van der Waals surface area contributed by atoms with E-state index < -0.39 is 26.5 Å². The lowest BCUT2D eigenvalue weighted by atomic mass is 10.3. The molecule has 0 bridgehead atoms. The molecular formula is C10H14FNO3S2. The van der Waals surface area contributed by atoms with Crippen molar-refractivity contribution in [3.63, 3.8) is 0 Å². The fourth-order valence-corrected chi connectivity index (χ4v) is 3.31. The molecule has 0 spiro atoms. The molecule has 0 fully saturated rings. The second-order valence-corrected chi connectivity index (χ2v) is 7.51. The van der Waals surface area contributed by atoms with Gasteiger partial charge >= 0.3 is 0 Å². The monoisotopic (exact) mass is 279 g/mol. The van der Waals surface area contributed by atoms with E-state index in [-0.39, 0.29) is 17.2 Å². The molecule has 0 aromatic heterocycles. The zero-order valence-electron chi connectivity index (χ0n) is 9.35. The highest BCUT2D eigenvalue weighted by Gasteiger charge is 2.10. The van der Waals surface area contributed by atoms with Crippen molar-refractivity contribution in [3.05, 3.63) is 24.0 Å². The molecule has 0 saturated carbocycles. The number of nitrogens with two attached hydrogens (primary N) is 1. The molecular weight excluding hydrogens is 265 g/mol. The lowest BCUT2D eigenvalue weighted by molar-refractivity contribution is 0.600. The summed E-state index contributed by atoms with van der Waals surface area (Å²) < 4.78 is 46.3. The van der Waals surface area contributed by atoms with Gasteiger partial charge in [0.25, 0.3) is 0 Å². The second-order valence-electron chi connectivity index (χ2n) is 3.72. The average Bonchev–Trinajstić information content (AvgIpc) is 2.15. The molecule has 4 nitrogen and oxygen atoms in total. The number of hydrogen-bond acceptors (Lipinski definition) is 4. The van der Waals surface area contributed by atoms with Crippen molar-refractivity contribution >= 4 is 26.3 Å². The molecule has 0 aliphatic heterocycles. The summed E-state index contributed by atoms with van der Waals surface area (Å²) in [5.74, 6) is -0.303. The molecule has 2 N–H and O–H groups in total. The molecule has 17 heavy (non-hydrogen) atoms. The van der Waals surface area contributed by atoms with Crippen molar-refractivity contribution in [1.29, 1.82) is 0 Å². The standard InChI is InChI=1S/C10H14FNO3S2/c1-17(14,15)6-2-5-16(13)10-4-3-8(11)7-9(10)12/h3-4,7H,2,5-6,12H2,1H3. The van der Waals surface area contributed by atoms with E-state index in [0.29, 0.717) is 11.3 Å². The number of hydrogen-bond donors (Lipinski definition) is 1. The fourth-order valence-electron chi connectivity index (χ4n) is 1.29. The largest absolute Gasteiger partial charge is 0.398 e. The third-order valence-electron chi connectivity index (χ3n) is 2.06. The van der Waals surface area contributed by atoms with Crippen LogP contribution in [0.25, 0.3) is 0 Å². The molecule has 0 aliphatic carbocycles. The molecule has 0 aliphatic rings. The second kappa shape index (κ2) is 5.59. The quantitative estimate of drug-likeness (QED) is 0.814. The van der Waals surface area contributed by atoms with Gasteiger partial charge in [-0.25, -0.2) is 12.8 Å². The Labute approximate surface area is 102 Å². The first-order valence-electron chi connectivity index (χ1n) is 4.91. The highest BCUT2D eigenvalue weighted by molar-refractivity contribution is 7.90. The van der Waals surface area contributed by atoms with E-state index in [1.54, 1.807) is 0 Å². The van der Waals surface area contributed by atoms with Crippen molar-refractivity contribution in [3.8, 4) is 0 Å². The Kier molecular flexibility index (Phi) is 4.64. The van der Waals surface area contributed by atoms with Crippen LogP contribution in [0.15, 0.2) is 23.1 Å². The van der Waals surface area contributed by atoms with Crippen molar-refractivity contribution in [2.75, 3.05) is 23.5 Å². The first-order valence-corrected chi connectivity index (χ1v) is 8.28. The predicted octanol–water partition coefficient (Wildman–Crippen LogP) is 0.950. The third kappa shape index (κ3) is 4.82. The van der Waals surface area contributed by atoms with Crippen LogP contribution >= 0.6 is 0 Å². The molecule has 1 aromatic rings. The number of anilines is 1. The fraction of sp³-hybridized carbons (Fsp3) is 0.400. The lowest BCUT2D eigenvalue weighted by Crippen LogP contribution is -2.09. The number of nitrogen functional groups attached to an aromatic ring is 1. The Hall–Kier alpha value is -0.950. The summed E-state index contributed by atoms with van der Waals surface area (Å²) in [7, 11) is -4.44. The van der Waals surface area contributed by atoms with Gasteiger partial charge in [-0.1, -0.05) is 0 Å². The zero-order chi connectivity index (χ0) is 13.1. The highest BCUT2D eigenvalue weighted by atomic mass is 32.2. The Morgan fingerprint density at radius 1 is 1.41 bits per heavy atom. The van der Waals surface area contributed by atoms with Crippen LogP contribution < -0.4 is 5.73 Å². The molecule has 0 amide bonds. The zero-order valence-corrected chi connectivity index (χ0v) is 11.0. The van der Waals surface area contributed by atoms with Gasteiger partial charge in [-0.15, -0.1) is 0 Å². The summed E-state index contributed by atoms with van der Waals surface area (Å²) in [4.78, 5) is 0.347. The van der Waals surface area contributed by atoms with Crippen LogP contribution in [0.2, 0.25) is 0 Å². The predicted molar refractivity (Wildman–Crippen MR) is 66.4 cm³/mol. The molecule has 1 unspecified atom stereocenters. The van der Waals surface area contributed by atoms with Crippen molar-refractivity contribution < 1.29 is 17.0 Å². The first-order chi connectivity index (χ1) is 7.79. The molecule has 1 rings (SSSR count). The number of rotatable bonds is 5. The van der Waals surface area contributed by atoms with Gasteiger partial charge in [-0.3, -0.25) is 4.21 Å². The number of sulfone groups is 1. The van der Waals surface area contributed by atoms with Gasteiger partial charge in [-0.2, -0.15) is 0 Å². The van der Waals surface area contributed by atoms with E-state index in [4.69, 9.17) is 5.73 Å². The van der Waals surface area contributed by atoms with Gasteiger partial charge < -0.3 is 5.73 Å². The molecule has 0 saturated heterocycles. The van der Waals surface area contributed by atoms with Gasteiger partial charge in [0.05, 0.1) is 27.1 Å². The molecule has 7 heteroatoms. The Morgan fingerprint density at radius 2 is 2.06 bits per heavy atom. The maximum absolute atomic E-state index is 12.8. The molecule has 0 heterocycles. The van der Waals surface area contributed by atoms with Crippen LogP contribution in [0.3, 0.4) is 0 Å². The van der Waals surface area contributed by atoms with E-state index in [1.165, 1.54) is 12.1 Å². The van der Waals surface area contributed by atoms with Gasteiger partial charge in [0.15, 0.2) is 0 Å². The Balaban J connectivity index is 2.65. The SMILES string of the molecule is CS(=O)(=O)CCCS(=O)c1ccc(F)cc1N. The molecule has 0 radical (unpaired) electrons. The maximum atomic E-state index is 12.8. The Bertz CT molecular complexity index is 528. The molecule has 1 atom stereocenters. The van der Waals surface area contributed by atoms with Crippen LogP contribution in [-0.2, 0) is 20.6 Å². The normalized spacial score (nSPS) is 13.5. The van der Waals surface area contributed by atoms with Crippen LogP contribution in [0.1, 0.15) is 6.42 Å².